The van der Waals surface area contributed by atoms with Crippen LogP contribution in [0.4, 0.5) is 0 Å². The Morgan fingerprint density at radius 1 is 1.03 bits per heavy atom. The van der Waals surface area contributed by atoms with Crippen molar-refractivity contribution in [2.24, 2.45) is 4.99 Å². The molecule has 4 rings (SSSR count). The molecule has 0 aliphatic carbocycles. The molecule has 39 heavy (non-hydrogen) atoms. The monoisotopic (exact) mass is 527 g/mol. The predicted molar refractivity (Wildman–Crippen MR) is 154 cm³/mol. The molecule has 1 aliphatic rings. The molecule has 7 nitrogen and oxygen atoms in total. The molecule has 0 radical (unpaired) electrons. The first-order valence-corrected chi connectivity index (χ1v) is 13.5. The molecule has 3 N–H and O–H groups in total. The molecule has 0 spiro atoms. The molecular formula is C32H37N3O4. The lowest BCUT2D eigenvalue weighted by Crippen LogP contribution is -2.52. The van der Waals surface area contributed by atoms with Crippen LogP contribution in [0.1, 0.15) is 49.8 Å². The van der Waals surface area contributed by atoms with E-state index in [0.29, 0.717) is 37.6 Å². The zero-order valence-corrected chi connectivity index (χ0v) is 22.4. The first-order valence-electron chi connectivity index (χ1n) is 13.5. The molecule has 1 amide bonds. The van der Waals surface area contributed by atoms with Gasteiger partial charge in [-0.15, -0.1) is 6.58 Å². The van der Waals surface area contributed by atoms with E-state index < -0.39 is 11.6 Å². The Morgan fingerprint density at radius 2 is 1.72 bits per heavy atom. The zero-order valence-electron chi connectivity index (χ0n) is 22.4. The highest BCUT2D eigenvalue weighted by molar-refractivity contribution is 6.01. The number of carbonyl (C=O) groups excluding carboxylic acids is 1. The van der Waals surface area contributed by atoms with Gasteiger partial charge in [0.25, 0.3) is 5.91 Å². The number of aliphatic hydroxyl groups excluding tert-OH is 1. The number of ether oxygens (including phenoxy) is 2. The Kier molecular flexibility index (Phi) is 9.89. The van der Waals surface area contributed by atoms with Crippen molar-refractivity contribution in [3.05, 3.63) is 103 Å². The Bertz CT molecular complexity index is 1240. The minimum atomic E-state index is -1.24. The number of nitrogens with one attached hydrogen (secondary N) is 2. The summed E-state index contributed by atoms with van der Waals surface area (Å²) in [6.45, 7) is 7.21. The van der Waals surface area contributed by atoms with Crippen LogP contribution in [0.5, 0.6) is 5.75 Å². The van der Waals surface area contributed by atoms with Crippen molar-refractivity contribution in [2.45, 2.75) is 44.2 Å². The van der Waals surface area contributed by atoms with Crippen molar-refractivity contribution >= 4 is 11.8 Å². The number of hydrazine groups is 1. The molecule has 0 fully saturated rings. The van der Waals surface area contributed by atoms with E-state index in [9.17, 15) is 4.79 Å². The standard InChI is InChI=1S/C32H37N3O4/c1-3-5-21-33-35-31(37)32(20-4-2)29(26-14-12-25(13-15-26)24-10-7-6-8-11-24)39-30(34-32)27-16-18-28(19-17-27)38-23-9-22-36/h4,6-8,10-19,29,33,36H,2-3,5,9,20-23H2,1H3,(H,35,37)/t29-,32-/m0/s1. The zero-order chi connectivity index (χ0) is 27.5. The van der Waals surface area contributed by atoms with Crippen molar-refractivity contribution in [3.8, 4) is 16.9 Å². The topological polar surface area (TPSA) is 92.2 Å². The fourth-order valence-electron chi connectivity index (χ4n) is 4.53. The van der Waals surface area contributed by atoms with E-state index in [1.54, 1.807) is 6.08 Å². The molecule has 2 atom stereocenters. The second-order valence-electron chi connectivity index (χ2n) is 9.50. The van der Waals surface area contributed by atoms with E-state index in [1.807, 2.05) is 66.7 Å². The molecule has 3 aromatic carbocycles. The Morgan fingerprint density at radius 3 is 2.38 bits per heavy atom. The molecule has 0 unspecified atom stereocenters. The van der Waals surface area contributed by atoms with Gasteiger partial charge in [-0.2, -0.15) is 0 Å². The summed E-state index contributed by atoms with van der Waals surface area (Å²) >= 11 is 0. The summed E-state index contributed by atoms with van der Waals surface area (Å²) in [4.78, 5) is 18.6. The first-order chi connectivity index (χ1) is 19.1. The van der Waals surface area contributed by atoms with Gasteiger partial charge in [-0.05, 0) is 47.4 Å². The molecule has 204 valence electrons. The second kappa shape index (κ2) is 13.7. The van der Waals surface area contributed by atoms with Crippen LogP contribution in [0.25, 0.3) is 11.1 Å². The number of hydrogen-bond acceptors (Lipinski definition) is 6. The van der Waals surface area contributed by atoms with E-state index in [2.05, 4.69) is 36.5 Å². The van der Waals surface area contributed by atoms with Gasteiger partial charge in [0, 0.05) is 31.6 Å². The van der Waals surface area contributed by atoms with Crippen LogP contribution >= 0.6 is 0 Å². The highest BCUT2D eigenvalue weighted by atomic mass is 16.5. The van der Waals surface area contributed by atoms with Gasteiger partial charge < -0.3 is 14.6 Å². The van der Waals surface area contributed by atoms with Gasteiger partial charge in [-0.1, -0.05) is 74.0 Å². The predicted octanol–water partition coefficient (Wildman–Crippen LogP) is 5.37. The van der Waals surface area contributed by atoms with Crippen molar-refractivity contribution < 1.29 is 19.4 Å². The van der Waals surface area contributed by atoms with E-state index in [4.69, 9.17) is 19.6 Å². The summed E-state index contributed by atoms with van der Waals surface area (Å²) in [5, 5.41) is 8.99. The highest BCUT2D eigenvalue weighted by Crippen LogP contribution is 2.43. The Hall–Kier alpha value is -3.94. The van der Waals surface area contributed by atoms with Crippen LogP contribution in [0.2, 0.25) is 0 Å². The van der Waals surface area contributed by atoms with Crippen LogP contribution in [0.3, 0.4) is 0 Å². The van der Waals surface area contributed by atoms with Gasteiger partial charge in [0.15, 0.2) is 11.6 Å². The van der Waals surface area contributed by atoms with Crippen LogP contribution in [0.15, 0.2) is 96.5 Å². The number of aliphatic imine (C=N–C) groups is 1. The van der Waals surface area contributed by atoms with Crippen LogP contribution in [-0.2, 0) is 9.53 Å². The van der Waals surface area contributed by atoms with Gasteiger partial charge in [-0.3, -0.25) is 10.2 Å². The summed E-state index contributed by atoms with van der Waals surface area (Å²) in [7, 11) is 0. The summed E-state index contributed by atoms with van der Waals surface area (Å²) in [5.41, 5.74) is 8.46. The number of rotatable bonds is 14. The molecule has 0 bridgehead atoms. The molecule has 3 aromatic rings. The summed E-state index contributed by atoms with van der Waals surface area (Å²) in [5.74, 6) is 0.809. The van der Waals surface area contributed by atoms with Gasteiger partial charge >= 0.3 is 0 Å². The Labute approximate surface area is 230 Å². The molecular weight excluding hydrogens is 490 g/mol. The largest absolute Gasteiger partial charge is 0.494 e. The van der Waals surface area contributed by atoms with E-state index in [0.717, 1.165) is 35.1 Å². The van der Waals surface area contributed by atoms with Gasteiger partial charge in [0.1, 0.15) is 5.75 Å². The average Bonchev–Trinajstić information content (AvgIpc) is 3.37. The third kappa shape index (κ3) is 6.74. The molecule has 0 aromatic heterocycles. The SMILES string of the molecule is C=CC[C@]1(C(=O)NNCCCC)N=C(c2ccc(OCCCO)cc2)O[C@H]1c1ccc(-c2ccccc2)cc1. The number of hydrogen-bond donors (Lipinski definition) is 3. The van der Waals surface area contributed by atoms with E-state index in [-0.39, 0.29) is 12.5 Å². The average molecular weight is 528 g/mol. The fourth-order valence-corrected chi connectivity index (χ4v) is 4.53. The molecule has 0 saturated heterocycles. The third-order valence-electron chi connectivity index (χ3n) is 6.66. The fraction of sp³-hybridized carbons (Fsp3) is 0.312. The Balaban J connectivity index is 1.65. The number of amides is 1. The minimum Gasteiger partial charge on any atom is -0.494 e. The number of aliphatic hydroxyl groups is 1. The van der Waals surface area contributed by atoms with Crippen LogP contribution < -0.4 is 15.6 Å². The maximum absolute atomic E-state index is 13.7. The molecule has 1 aliphatic heterocycles. The summed E-state index contributed by atoms with van der Waals surface area (Å²) in [6.07, 6.45) is 3.88. The van der Waals surface area contributed by atoms with Gasteiger partial charge in [0.05, 0.1) is 6.61 Å². The van der Waals surface area contributed by atoms with Crippen LogP contribution in [0, 0.1) is 0 Å². The summed E-state index contributed by atoms with van der Waals surface area (Å²) < 4.78 is 12.1. The molecule has 0 saturated carbocycles. The van der Waals surface area contributed by atoms with Gasteiger partial charge in [0.2, 0.25) is 5.90 Å². The lowest BCUT2D eigenvalue weighted by molar-refractivity contribution is -0.129. The van der Waals surface area contributed by atoms with Crippen molar-refractivity contribution in [1.82, 2.24) is 10.9 Å². The van der Waals surface area contributed by atoms with E-state index in [1.165, 1.54) is 0 Å². The maximum Gasteiger partial charge on any atom is 0.266 e. The smallest absolute Gasteiger partial charge is 0.266 e. The molecule has 1 heterocycles. The number of carbonyl (C=O) groups is 1. The lowest BCUT2D eigenvalue weighted by atomic mass is 9.84. The van der Waals surface area contributed by atoms with Crippen molar-refractivity contribution in [3.63, 3.8) is 0 Å². The molecule has 7 heteroatoms. The second-order valence-corrected chi connectivity index (χ2v) is 9.50. The highest BCUT2D eigenvalue weighted by Gasteiger charge is 2.52. The first kappa shape index (κ1) is 28.1. The van der Waals surface area contributed by atoms with Gasteiger partial charge in [-0.25, -0.2) is 10.4 Å². The quantitative estimate of drug-likeness (QED) is 0.149. The minimum absolute atomic E-state index is 0.0806. The van der Waals surface area contributed by atoms with Crippen molar-refractivity contribution in [1.29, 1.82) is 0 Å². The maximum atomic E-state index is 13.7. The van der Waals surface area contributed by atoms with Crippen LogP contribution in [-0.4, -0.2) is 42.2 Å². The third-order valence-corrected chi connectivity index (χ3v) is 6.66. The van der Waals surface area contributed by atoms with Crippen molar-refractivity contribution in [2.75, 3.05) is 19.8 Å². The van der Waals surface area contributed by atoms with E-state index >= 15 is 0 Å². The number of unbranched alkanes of at least 4 members (excludes halogenated alkanes) is 1. The lowest BCUT2D eigenvalue weighted by Gasteiger charge is -2.29. The summed E-state index contributed by atoms with van der Waals surface area (Å²) in [6, 6.07) is 25.6. The normalized spacial score (nSPS) is 18.2. The number of benzene rings is 3. The number of nitrogens with zero attached hydrogens (tertiary/aromatic N) is 1.